The van der Waals surface area contributed by atoms with E-state index in [0.717, 1.165) is 5.65 Å². The fourth-order valence-corrected chi connectivity index (χ4v) is 2.89. The third-order valence-electron chi connectivity index (χ3n) is 3.95. The van der Waals surface area contributed by atoms with Crippen LogP contribution in [0.5, 0.6) is 0 Å². The fraction of sp³-hybridized carbons (Fsp3) is 0.400. The molecule has 0 aromatic carbocycles. The van der Waals surface area contributed by atoms with E-state index in [4.69, 9.17) is 0 Å². The number of likely N-dealkylation sites (tertiary alicyclic amines) is 1. The molecule has 1 aliphatic rings. The molecule has 3 rings (SSSR count). The average molecular weight is 302 g/mol. The summed E-state index contributed by atoms with van der Waals surface area (Å²) in [6.45, 7) is 2.78. The summed E-state index contributed by atoms with van der Waals surface area (Å²) in [7, 11) is 0. The molecule has 1 aliphatic heterocycles. The van der Waals surface area contributed by atoms with E-state index < -0.39 is 11.9 Å². The van der Waals surface area contributed by atoms with Gasteiger partial charge in [0, 0.05) is 43.4 Å². The van der Waals surface area contributed by atoms with Gasteiger partial charge in [0.2, 0.25) is 0 Å². The molecule has 2 N–H and O–H groups in total. The molecule has 116 valence electrons. The Bertz CT molecular complexity index is 712. The maximum atomic E-state index is 12.4. The highest BCUT2D eigenvalue weighted by atomic mass is 16.4. The standard InChI is InChI=1S/C15H18N4O3/c1-10-6-11(14(20)21)9-19(8-10)15(22)17-12-2-4-18-5-3-16-13(18)7-12/h2-5,7,10-11H,6,8-9H2,1H3,(H,17,22)(H,20,21). The Balaban J connectivity index is 1.71. The van der Waals surface area contributed by atoms with Crippen LogP contribution in [0.1, 0.15) is 13.3 Å². The number of carbonyl (C=O) groups is 2. The second kappa shape index (κ2) is 5.67. The third kappa shape index (κ3) is 2.88. The van der Waals surface area contributed by atoms with Crippen LogP contribution in [0.15, 0.2) is 30.7 Å². The third-order valence-corrected chi connectivity index (χ3v) is 3.95. The van der Waals surface area contributed by atoms with Crippen LogP contribution >= 0.6 is 0 Å². The predicted molar refractivity (Wildman–Crippen MR) is 80.7 cm³/mol. The minimum atomic E-state index is -0.844. The van der Waals surface area contributed by atoms with Crippen molar-refractivity contribution in [3.05, 3.63) is 30.7 Å². The summed E-state index contributed by atoms with van der Waals surface area (Å²) in [5.41, 5.74) is 1.39. The first kappa shape index (κ1) is 14.4. The normalized spacial score (nSPS) is 21.8. The second-order valence-corrected chi connectivity index (χ2v) is 5.82. The molecule has 2 amide bonds. The zero-order chi connectivity index (χ0) is 15.7. The molecule has 0 saturated carbocycles. The maximum absolute atomic E-state index is 12.4. The number of rotatable bonds is 2. The fourth-order valence-electron chi connectivity index (χ4n) is 2.89. The van der Waals surface area contributed by atoms with Crippen molar-refractivity contribution in [1.82, 2.24) is 14.3 Å². The van der Waals surface area contributed by atoms with Gasteiger partial charge in [0.15, 0.2) is 0 Å². The van der Waals surface area contributed by atoms with Crippen LogP contribution in [0.25, 0.3) is 5.65 Å². The van der Waals surface area contributed by atoms with Gasteiger partial charge >= 0.3 is 12.0 Å². The first-order valence-corrected chi connectivity index (χ1v) is 7.24. The molecule has 1 fully saturated rings. The van der Waals surface area contributed by atoms with Gasteiger partial charge in [0.25, 0.3) is 0 Å². The summed E-state index contributed by atoms with van der Waals surface area (Å²) in [5.74, 6) is -1.16. The van der Waals surface area contributed by atoms with Gasteiger partial charge in [-0.15, -0.1) is 0 Å². The smallest absolute Gasteiger partial charge is 0.321 e. The Morgan fingerprint density at radius 2 is 2.18 bits per heavy atom. The molecule has 2 atom stereocenters. The van der Waals surface area contributed by atoms with E-state index in [-0.39, 0.29) is 18.5 Å². The Labute approximate surface area is 127 Å². The highest BCUT2D eigenvalue weighted by Crippen LogP contribution is 2.22. The van der Waals surface area contributed by atoms with Gasteiger partial charge in [0.05, 0.1) is 5.92 Å². The van der Waals surface area contributed by atoms with Crippen LogP contribution < -0.4 is 5.32 Å². The maximum Gasteiger partial charge on any atom is 0.321 e. The molecule has 1 saturated heterocycles. The number of piperidine rings is 1. The number of amides is 2. The molecule has 2 unspecified atom stereocenters. The van der Waals surface area contributed by atoms with E-state index in [1.165, 1.54) is 0 Å². The number of carboxylic acids is 1. The number of nitrogens with zero attached hydrogens (tertiary/aromatic N) is 3. The van der Waals surface area contributed by atoms with E-state index in [2.05, 4.69) is 10.3 Å². The summed E-state index contributed by atoms with van der Waals surface area (Å²) in [5, 5.41) is 12.0. The van der Waals surface area contributed by atoms with E-state index >= 15 is 0 Å². The first-order valence-electron chi connectivity index (χ1n) is 7.24. The number of nitrogens with one attached hydrogen (secondary N) is 1. The van der Waals surface area contributed by atoms with Crippen molar-refractivity contribution in [2.24, 2.45) is 11.8 Å². The molecule has 0 bridgehead atoms. The number of imidazole rings is 1. The summed E-state index contributed by atoms with van der Waals surface area (Å²) in [4.78, 5) is 29.3. The van der Waals surface area contributed by atoms with E-state index in [9.17, 15) is 14.7 Å². The molecule has 7 nitrogen and oxygen atoms in total. The Morgan fingerprint density at radius 1 is 1.36 bits per heavy atom. The number of aliphatic carboxylic acids is 1. The number of pyridine rings is 1. The predicted octanol–water partition coefficient (Wildman–Crippen LogP) is 1.91. The van der Waals surface area contributed by atoms with Crippen molar-refractivity contribution in [3.63, 3.8) is 0 Å². The first-order chi connectivity index (χ1) is 10.5. The lowest BCUT2D eigenvalue weighted by molar-refractivity contribution is -0.143. The monoisotopic (exact) mass is 302 g/mol. The number of urea groups is 1. The minimum absolute atomic E-state index is 0.176. The quantitative estimate of drug-likeness (QED) is 0.887. The van der Waals surface area contributed by atoms with Crippen LogP contribution in [0.4, 0.5) is 10.5 Å². The van der Waals surface area contributed by atoms with E-state index in [1.807, 2.05) is 23.7 Å². The number of hydrogen-bond donors (Lipinski definition) is 2. The van der Waals surface area contributed by atoms with Gasteiger partial charge in [-0.25, -0.2) is 9.78 Å². The van der Waals surface area contributed by atoms with E-state index in [1.54, 1.807) is 23.2 Å². The minimum Gasteiger partial charge on any atom is -0.481 e. The van der Waals surface area contributed by atoms with Crippen LogP contribution in [-0.4, -0.2) is 44.5 Å². The van der Waals surface area contributed by atoms with Crippen molar-refractivity contribution < 1.29 is 14.7 Å². The molecule has 0 spiro atoms. The number of fused-ring (bicyclic) bond motifs is 1. The number of anilines is 1. The van der Waals surface area contributed by atoms with Crippen LogP contribution in [0, 0.1) is 11.8 Å². The summed E-state index contributed by atoms with van der Waals surface area (Å²) < 4.78 is 1.85. The molecule has 2 aromatic heterocycles. The van der Waals surface area contributed by atoms with Gasteiger partial charge < -0.3 is 19.7 Å². The zero-order valence-electron chi connectivity index (χ0n) is 12.3. The van der Waals surface area contributed by atoms with Crippen molar-refractivity contribution in [3.8, 4) is 0 Å². The molecule has 22 heavy (non-hydrogen) atoms. The van der Waals surface area contributed by atoms with Crippen molar-refractivity contribution in [2.75, 3.05) is 18.4 Å². The zero-order valence-corrected chi connectivity index (χ0v) is 12.3. The number of carbonyl (C=O) groups excluding carboxylic acids is 1. The molecular weight excluding hydrogens is 284 g/mol. The second-order valence-electron chi connectivity index (χ2n) is 5.82. The highest BCUT2D eigenvalue weighted by Gasteiger charge is 2.31. The lowest BCUT2D eigenvalue weighted by atomic mass is 9.91. The van der Waals surface area contributed by atoms with Gasteiger partial charge in [-0.2, -0.15) is 0 Å². The molecular formula is C15H18N4O3. The van der Waals surface area contributed by atoms with Gasteiger partial charge in [-0.3, -0.25) is 4.79 Å². The Kier molecular flexibility index (Phi) is 3.70. The van der Waals surface area contributed by atoms with Crippen LogP contribution in [0.2, 0.25) is 0 Å². The van der Waals surface area contributed by atoms with Crippen LogP contribution in [-0.2, 0) is 4.79 Å². The highest BCUT2D eigenvalue weighted by molar-refractivity contribution is 5.90. The van der Waals surface area contributed by atoms with Crippen molar-refractivity contribution >= 4 is 23.3 Å². The lowest BCUT2D eigenvalue weighted by Gasteiger charge is -2.34. The summed E-state index contributed by atoms with van der Waals surface area (Å²) >= 11 is 0. The molecule has 3 heterocycles. The van der Waals surface area contributed by atoms with Gasteiger partial charge in [-0.05, 0) is 18.4 Å². The van der Waals surface area contributed by atoms with Crippen LogP contribution in [0.3, 0.4) is 0 Å². The van der Waals surface area contributed by atoms with Gasteiger partial charge in [0.1, 0.15) is 5.65 Å². The topological polar surface area (TPSA) is 86.9 Å². The van der Waals surface area contributed by atoms with Crippen molar-refractivity contribution in [2.45, 2.75) is 13.3 Å². The van der Waals surface area contributed by atoms with Gasteiger partial charge in [-0.1, -0.05) is 6.92 Å². The number of hydrogen-bond acceptors (Lipinski definition) is 3. The Hall–Kier alpha value is -2.57. The summed E-state index contributed by atoms with van der Waals surface area (Å²) in [6.07, 6.45) is 5.94. The molecule has 0 aliphatic carbocycles. The van der Waals surface area contributed by atoms with Crippen molar-refractivity contribution in [1.29, 1.82) is 0 Å². The summed E-state index contributed by atoms with van der Waals surface area (Å²) in [6, 6.07) is 3.29. The SMILES string of the molecule is CC1CC(C(=O)O)CN(C(=O)Nc2ccn3ccnc3c2)C1. The lowest BCUT2D eigenvalue weighted by Crippen LogP contribution is -2.47. The van der Waals surface area contributed by atoms with E-state index in [0.29, 0.717) is 18.7 Å². The largest absolute Gasteiger partial charge is 0.481 e. The molecule has 0 radical (unpaired) electrons. The molecule has 2 aromatic rings. The number of carboxylic acid groups (broad SMARTS) is 1. The molecule has 7 heteroatoms. The Morgan fingerprint density at radius 3 is 2.95 bits per heavy atom. The number of aromatic nitrogens is 2. The average Bonchev–Trinajstić information content (AvgIpc) is 2.94.